The van der Waals surface area contributed by atoms with Crippen LogP contribution in [-0.2, 0) is 16.1 Å². The van der Waals surface area contributed by atoms with E-state index in [4.69, 9.17) is 9.72 Å². The molecule has 0 N–H and O–H groups in total. The van der Waals surface area contributed by atoms with Crippen molar-refractivity contribution < 1.29 is 9.53 Å². The summed E-state index contributed by atoms with van der Waals surface area (Å²) in [6.07, 6.45) is 4.19. The Labute approximate surface area is 167 Å². The minimum atomic E-state index is -0.249. The number of amides is 1. The lowest BCUT2D eigenvalue weighted by Crippen LogP contribution is -2.40. The van der Waals surface area contributed by atoms with E-state index in [0.717, 1.165) is 19.3 Å². The van der Waals surface area contributed by atoms with Crippen LogP contribution in [0.15, 0.2) is 29.1 Å². The van der Waals surface area contributed by atoms with Gasteiger partial charge in [0.25, 0.3) is 5.56 Å². The summed E-state index contributed by atoms with van der Waals surface area (Å²) in [5.41, 5.74) is 0.627. The van der Waals surface area contributed by atoms with Crippen LogP contribution < -0.4 is 5.56 Å². The molecule has 1 atom stereocenters. The van der Waals surface area contributed by atoms with Gasteiger partial charge in [0.05, 0.1) is 23.6 Å². The number of carbonyl (C=O) groups is 1. The predicted molar refractivity (Wildman–Crippen MR) is 112 cm³/mol. The van der Waals surface area contributed by atoms with Crippen molar-refractivity contribution in [1.82, 2.24) is 14.5 Å². The summed E-state index contributed by atoms with van der Waals surface area (Å²) in [4.78, 5) is 32.7. The summed E-state index contributed by atoms with van der Waals surface area (Å²) in [5, 5.41) is 0.612. The number of methoxy groups -OCH3 is 1. The van der Waals surface area contributed by atoms with E-state index >= 15 is 0 Å². The lowest BCUT2D eigenvalue weighted by atomic mass is 10.1. The number of fused-ring (bicyclic) bond motifs is 1. The van der Waals surface area contributed by atoms with Crippen molar-refractivity contribution in [2.75, 3.05) is 20.3 Å². The number of hydrogen-bond donors (Lipinski definition) is 0. The van der Waals surface area contributed by atoms with Crippen molar-refractivity contribution >= 4 is 16.8 Å². The largest absolute Gasteiger partial charge is 0.383 e. The number of para-hydroxylation sites is 1. The molecule has 0 aliphatic carbocycles. The Morgan fingerprint density at radius 2 is 1.96 bits per heavy atom. The van der Waals surface area contributed by atoms with Gasteiger partial charge in [-0.2, -0.15) is 0 Å². The Bertz CT molecular complexity index is 831. The topological polar surface area (TPSA) is 64.4 Å². The zero-order chi connectivity index (χ0) is 20.5. The van der Waals surface area contributed by atoms with Crippen molar-refractivity contribution in [1.29, 1.82) is 0 Å². The molecule has 6 heteroatoms. The third-order valence-electron chi connectivity index (χ3n) is 5.12. The van der Waals surface area contributed by atoms with Gasteiger partial charge in [0.1, 0.15) is 5.82 Å². The number of hydrogen-bond acceptors (Lipinski definition) is 4. The average Bonchev–Trinajstić information content (AvgIpc) is 2.71. The lowest BCUT2D eigenvalue weighted by Gasteiger charge is -2.32. The van der Waals surface area contributed by atoms with Gasteiger partial charge in [0, 0.05) is 26.6 Å². The smallest absolute Gasteiger partial charge is 0.261 e. The zero-order valence-corrected chi connectivity index (χ0v) is 17.6. The Hall–Kier alpha value is -2.21. The van der Waals surface area contributed by atoms with Gasteiger partial charge < -0.3 is 9.64 Å². The van der Waals surface area contributed by atoms with Gasteiger partial charge in [-0.1, -0.05) is 38.8 Å². The highest BCUT2D eigenvalue weighted by atomic mass is 16.5. The van der Waals surface area contributed by atoms with Crippen molar-refractivity contribution in [3.05, 3.63) is 40.4 Å². The molecule has 0 bridgehead atoms. The molecule has 2 rings (SSSR count). The van der Waals surface area contributed by atoms with E-state index < -0.39 is 0 Å². The maximum absolute atomic E-state index is 13.0. The maximum Gasteiger partial charge on any atom is 0.261 e. The van der Waals surface area contributed by atoms with Crippen LogP contribution in [0.25, 0.3) is 10.9 Å². The van der Waals surface area contributed by atoms with Crippen LogP contribution in [0.4, 0.5) is 0 Å². The molecule has 28 heavy (non-hydrogen) atoms. The molecule has 2 aromatic rings. The molecular weight excluding hydrogens is 354 g/mol. The fourth-order valence-electron chi connectivity index (χ4n) is 3.60. The second-order valence-corrected chi connectivity index (χ2v) is 7.00. The van der Waals surface area contributed by atoms with Crippen LogP contribution in [0.2, 0.25) is 0 Å². The van der Waals surface area contributed by atoms with Crippen LogP contribution in [0.3, 0.4) is 0 Å². The van der Waals surface area contributed by atoms with E-state index in [2.05, 4.69) is 6.92 Å². The first-order chi connectivity index (χ1) is 13.6. The van der Waals surface area contributed by atoms with Crippen LogP contribution >= 0.6 is 0 Å². The summed E-state index contributed by atoms with van der Waals surface area (Å²) in [6, 6.07) is 7.15. The van der Waals surface area contributed by atoms with Crippen LogP contribution in [0.5, 0.6) is 0 Å². The van der Waals surface area contributed by atoms with Crippen molar-refractivity contribution in [3.63, 3.8) is 0 Å². The van der Waals surface area contributed by atoms with E-state index in [-0.39, 0.29) is 17.5 Å². The van der Waals surface area contributed by atoms with E-state index in [1.165, 1.54) is 0 Å². The van der Waals surface area contributed by atoms with Crippen molar-refractivity contribution in [3.8, 4) is 0 Å². The predicted octanol–water partition coefficient (Wildman–Crippen LogP) is 3.92. The first kappa shape index (κ1) is 22.1. The highest BCUT2D eigenvalue weighted by Crippen LogP contribution is 2.25. The first-order valence-corrected chi connectivity index (χ1v) is 10.4. The molecule has 0 aliphatic rings. The number of ether oxygens (including phenoxy) is 1. The summed E-state index contributed by atoms with van der Waals surface area (Å²) >= 11 is 0. The molecule has 154 valence electrons. The van der Waals surface area contributed by atoms with Gasteiger partial charge in [-0.05, 0) is 31.9 Å². The number of carbonyl (C=O) groups excluding carboxylic acids is 1. The average molecular weight is 388 g/mol. The maximum atomic E-state index is 13.0. The monoisotopic (exact) mass is 387 g/mol. The summed E-state index contributed by atoms with van der Waals surface area (Å²) in [5.74, 6) is 0.760. The van der Waals surface area contributed by atoms with Gasteiger partial charge in [-0.15, -0.1) is 0 Å². The molecule has 0 saturated carbocycles. The molecule has 1 amide bonds. The minimum Gasteiger partial charge on any atom is -0.383 e. The van der Waals surface area contributed by atoms with Gasteiger partial charge in [0.2, 0.25) is 5.91 Å². The molecule has 1 unspecified atom stereocenters. The Morgan fingerprint density at radius 1 is 1.21 bits per heavy atom. The Morgan fingerprint density at radius 3 is 2.61 bits per heavy atom. The van der Waals surface area contributed by atoms with Crippen molar-refractivity contribution in [2.24, 2.45) is 0 Å². The summed E-state index contributed by atoms with van der Waals surface area (Å²) < 4.78 is 6.95. The minimum absolute atomic E-state index is 0.0494. The zero-order valence-electron chi connectivity index (χ0n) is 17.6. The molecular formula is C22H33N3O3. The second kappa shape index (κ2) is 11.0. The molecule has 6 nitrogen and oxygen atoms in total. The Balaban J connectivity index is 2.49. The van der Waals surface area contributed by atoms with Gasteiger partial charge >= 0.3 is 0 Å². The molecule has 1 heterocycles. The van der Waals surface area contributed by atoms with Gasteiger partial charge in [-0.25, -0.2) is 4.98 Å². The summed E-state index contributed by atoms with van der Waals surface area (Å²) in [7, 11) is 1.64. The first-order valence-electron chi connectivity index (χ1n) is 10.4. The van der Waals surface area contributed by atoms with E-state index in [9.17, 15) is 9.59 Å². The third-order valence-corrected chi connectivity index (χ3v) is 5.12. The SMILES string of the molecule is CCCCCC(=O)N(CCOC)C(CC)c1nc2ccccc2c(=O)n1CC. The standard InChI is InChI=1S/C22H33N3O3/c1-5-8-9-14-20(26)25(15-16-28-4)19(6-2)21-23-18-13-11-10-12-17(18)22(27)24(21)7-3/h10-13,19H,5-9,14-16H2,1-4H3. The van der Waals surface area contributed by atoms with Gasteiger partial charge in [0.15, 0.2) is 0 Å². The van der Waals surface area contributed by atoms with E-state index in [1.807, 2.05) is 36.9 Å². The Kier molecular flexibility index (Phi) is 8.64. The summed E-state index contributed by atoms with van der Waals surface area (Å²) in [6.45, 7) is 7.57. The molecule has 0 saturated heterocycles. The van der Waals surface area contributed by atoms with Crippen LogP contribution in [0.1, 0.15) is 64.7 Å². The lowest BCUT2D eigenvalue weighted by molar-refractivity contribution is -0.135. The molecule has 0 radical (unpaired) electrons. The third kappa shape index (κ3) is 4.98. The normalized spacial score (nSPS) is 12.3. The second-order valence-electron chi connectivity index (χ2n) is 7.00. The number of nitrogens with zero attached hydrogens (tertiary/aromatic N) is 3. The molecule has 0 spiro atoms. The highest BCUT2D eigenvalue weighted by molar-refractivity contribution is 5.78. The highest BCUT2D eigenvalue weighted by Gasteiger charge is 2.27. The molecule has 0 fully saturated rings. The van der Waals surface area contributed by atoms with Crippen molar-refractivity contribution in [2.45, 2.75) is 65.5 Å². The van der Waals surface area contributed by atoms with Crippen LogP contribution in [0, 0.1) is 0 Å². The fraction of sp³-hybridized carbons (Fsp3) is 0.591. The molecule has 0 aliphatic heterocycles. The quantitative estimate of drug-likeness (QED) is 0.548. The number of unbranched alkanes of at least 4 members (excludes halogenated alkanes) is 2. The van der Waals surface area contributed by atoms with Gasteiger partial charge in [-0.3, -0.25) is 14.2 Å². The number of rotatable bonds is 11. The number of aromatic nitrogens is 2. The van der Waals surface area contributed by atoms with Crippen LogP contribution in [-0.4, -0.2) is 40.6 Å². The molecule has 1 aromatic carbocycles. The van der Waals surface area contributed by atoms with E-state index in [1.54, 1.807) is 17.7 Å². The fourth-order valence-corrected chi connectivity index (χ4v) is 3.60. The molecule has 1 aromatic heterocycles. The number of benzene rings is 1. The van der Waals surface area contributed by atoms with E-state index in [0.29, 0.717) is 49.3 Å².